The summed E-state index contributed by atoms with van der Waals surface area (Å²) in [6, 6.07) is 5.72. The molecule has 0 aliphatic carbocycles. The van der Waals surface area contributed by atoms with Crippen molar-refractivity contribution in [3.05, 3.63) is 28.2 Å². The van der Waals surface area contributed by atoms with Crippen LogP contribution in [0.15, 0.2) is 22.7 Å². The molecule has 0 aliphatic rings. The zero-order valence-corrected chi connectivity index (χ0v) is 10.6. The molecule has 15 heavy (non-hydrogen) atoms. The first-order valence-corrected chi connectivity index (χ1v) is 5.70. The zero-order valence-electron chi connectivity index (χ0n) is 9.00. The molecule has 0 bridgehead atoms. The van der Waals surface area contributed by atoms with Crippen molar-refractivity contribution in [2.75, 3.05) is 13.4 Å². The summed E-state index contributed by atoms with van der Waals surface area (Å²) in [5.74, 6) is 0.779. The first kappa shape index (κ1) is 12.5. The molecular formula is C11H16BrNO2. The Kier molecular flexibility index (Phi) is 5.08. The molecule has 0 radical (unpaired) electrons. The lowest BCUT2D eigenvalue weighted by molar-refractivity contribution is 0.0217. The van der Waals surface area contributed by atoms with E-state index in [2.05, 4.69) is 15.9 Å². The van der Waals surface area contributed by atoms with Gasteiger partial charge in [0.2, 0.25) is 0 Å². The van der Waals surface area contributed by atoms with E-state index in [1.54, 1.807) is 0 Å². The summed E-state index contributed by atoms with van der Waals surface area (Å²) in [6.45, 7) is 4.76. The molecule has 1 aromatic carbocycles. The van der Waals surface area contributed by atoms with Crippen molar-refractivity contribution >= 4 is 15.9 Å². The maximum atomic E-state index is 5.85. The van der Waals surface area contributed by atoms with E-state index in [-0.39, 0.29) is 12.8 Å². The van der Waals surface area contributed by atoms with E-state index in [9.17, 15) is 0 Å². The first-order valence-electron chi connectivity index (χ1n) is 4.90. The lowest BCUT2D eigenvalue weighted by Crippen LogP contribution is -2.10. The summed E-state index contributed by atoms with van der Waals surface area (Å²) in [4.78, 5) is 0. The van der Waals surface area contributed by atoms with Gasteiger partial charge in [-0.1, -0.05) is 15.9 Å². The molecule has 4 heteroatoms. The normalized spacial score (nSPS) is 12.5. The highest BCUT2D eigenvalue weighted by Gasteiger charge is 2.08. The molecule has 2 N–H and O–H groups in total. The molecule has 0 heterocycles. The second-order valence-electron chi connectivity index (χ2n) is 3.23. The van der Waals surface area contributed by atoms with Gasteiger partial charge in [-0.05, 0) is 32.0 Å². The Morgan fingerprint density at radius 2 is 2.20 bits per heavy atom. The van der Waals surface area contributed by atoms with Gasteiger partial charge in [-0.25, -0.2) is 0 Å². The van der Waals surface area contributed by atoms with Crippen LogP contribution in [0.5, 0.6) is 5.75 Å². The molecule has 0 fully saturated rings. The molecule has 0 saturated carbocycles. The number of hydrogen-bond donors (Lipinski definition) is 1. The van der Waals surface area contributed by atoms with Crippen molar-refractivity contribution < 1.29 is 9.47 Å². The Morgan fingerprint density at radius 3 is 2.80 bits per heavy atom. The lowest BCUT2D eigenvalue weighted by Gasteiger charge is -2.14. The van der Waals surface area contributed by atoms with Gasteiger partial charge in [0.25, 0.3) is 0 Å². The van der Waals surface area contributed by atoms with Crippen LogP contribution >= 0.6 is 15.9 Å². The number of ether oxygens (including phenoxy) is 2. The molecule has 1 aromatic rings. The minimum absolute atomic E-state index is 0.0564. The molecule has 1 rings (SSSR count). The summed E-state index contributed by atoms with van der Waals surface area (Å²) in [5.41, 5.74) is 6.82. The van der Waals surface area contributed by atoms with Crippen molar-refractivity contribution in [2.24, 2.45) is 5.73 Å². The van der Waals surface area contributed by atoms with Crippen molar-refractivity contribution in [3.8, 4) is 5.75 Å². The van der Waals surface area contributed by atoms with Gasteiger partial charge in [0.05, 0.1) is 0 Å². The molecular weight excluding hydrogens is 258 g/mol. The van der Waals surface area contributed by atoms with Crippen LogP contribution < -0.4 is 10.5 Å². The fourth-order valence-corrected chi connectivity index (χ4v) is 1.57. The molecule has 0 amide bonds. The quantitative estimate of drug-likeness (QED) is 0.663. The van der Waals surface area contributed by atoms with E-state index in [1.807, 2.05) is 32.0 Å². The van der Waals surface area contributed by atoms with Crippen LogP contribution in [0.25, 0.3) is 0 Å². The highest BCUT2D eigenvalue weighted by Crippen LogP contribution is 2.27. The zero-order chi connectivity index (χ0) is 11.3. The Balaban J connectivity index is 2.77. The van der Waals surface area contributed by atoms with Gasteiger partial charge < -0.3 is 15.2 Å². The Morgan fingerprint density at radius 1 is 1.47 bits per heavy atom. The van der Waals surface area contributed by atoms with Gasteiger partial charge in [-0.3, -0.25) is 0 Å². The van der Waals surface area contributed by atoms with Crippen molar-refractivity contribution in [2.45, 2.75) is 19.9 Å². The van der Waals surface area contributed by atoms with Gasteiger partial charge in [0.1, 0.15) is 5.75 Å². The third kappa shape index (κ3) is 3.81. The second kappa shape index (κ2) is 6.10. The molecule has 0 saturated heterocycles. The van der Waals surface area contributed by atoms with E-state index < -0.39 is 0 Å². The number of hydrogen-bond acceptors (Lipinski definition) is 3. The van der Waals surface area contributed by atoms with Crippen LogP contribution in [0.3, 0.4) is 0 Å². The average molecular weight is 274 g/mol. The van der Waals surface area contributed by atoms with Gasteiger partial charge in [-0.15, -0.1) is 0 Å². The van der Waals surface area contributed by atoms with Crippen LogP contribution in [0, 0.1) is 0 Å². The van der Waals surface area contributed by atoms with E-state index in [1.165, 1.54) is 0 Å². The van der Waals surface area contributed by atoms with Gasteiger partial charge >= 0.3 is 0 Å². The summed E-state index contributed by atoms with van der Waals surface area (Å²) >= 11 is 3.40. The highest BCUT2D eigenvalue weighted by molar-refractivity contribution is 9.10. The monoisotopic (exact) mass is 273 g/mol. The minimum Gasteiger partial charge on any atom is -0.467 e. The van der Waals surface area contributed by atoms with Crippen molar-refractivity contribution in [3.63, 3.8) is 0 Å². The molecule has 0 aromatic heterocycles. The summed E-state index contributed by atoms with van der Waals surface area (Å²) in [7, 11) is 0. The summed E-state index contributed by atoms with van der Waals surface area (Å²) in [6.07, 6.45) is 0. The molecule has 0 aliphatic heterocycles. The number of rotatable bonds is 5. The maximum absolute atomic E-state index is 5.85. The van der Waals surface area contributed by atoms with Crippen LogP contribution in [0.1, 0.15) is 25.5 Å². The Labute approximate surface area is 98.7 Å². The van der Waals surface area contributed by atoms with Gasteiger partial charge in [0, 0.05) is 22.7 Å². The lowest BCUT2D eigenvalue weighted by atomic mass is 10.1. The number of benzene rings is 1. The summed E-state index contributed by atoms with van der Waals surface area (Å²) in [5, 5.41) is 0. The van der Waals surface area contributed by atoms with Crippen LogP contribution in [0.2, 0.25) is 0 Å². The van der Waals surface area contributed by atoms with E-state index in [4.69, 9.17) is 15.2 Å². The van der Waals surface area contributed by atoms with Gasteiger partial charge in [0.15, 0.2) is 6.79 Å². The predicted octanol–water partition coefficient (Wildman–Crippen LogP) is 2.84. The summed E-state index contributed by atoms with van der Waals surface area (Å²) < 4.78 is 11.6. The minimum atomic E-state index is -0.0564. The third-order valence-corrected chi connectivity index (χ3v) is 2.46. The van der Waals surface area contributed by atoms with Crippen LogP contribution in [-0.4, -0.2) is 13.4 Å². The highest BCUT2D eigenvalue weighted by atomic mass is 79.9. The maximum Gasteiger partial charge on any atom is 0.189 e. The third-order valence-electron chi connectivity index (χ3n) is 1.96. The average Bonchev–Trinajstić information content (AvgIpc) is 2.20. The molecule has 3 nitrogen and oxygen atoms in total. The van der Waals surface area contributed by atoms with Crippen molar-refractivity contribution in [1.82, 2.24) is 0 Å². The smallest absolute Gasteiger partial charge is 0.189 e. The Bertz CT molecular complexity index is 315. The van der Waals surface area contributed by atoms with E-state index >= 15 is 0 Å². The van der Waals surface area contributed by atoms with Crippen molar-refractivity contribution in [1.29, 1.82) is 0 Å². The SMILES string of the molecule is CCOCOc1ccc(Br)cc1[C@@H](C)N. The van der Waals surface area contributed by atoms with E-state index in [0.717, 1.165) is 15.8 Å². The number of nitrogens with two attached hydrogens (primary N) is 1. The molecule has 84 valence electrons. The fourth-order valence-electron chi connectivity index (χ4n) is 1.20. The van der Waals surface area contributed by atoms with Crippen LogP contribution in [-0.2, 0) is 4.74 Å². The first-order chi connectivity index (χ1) is 7.15. The molecule has 1 atom stereocenters. The second-order valence-corrected chi connectivity index (χ2v) is 4.14. The van der Waals surface area contributed by atoms with Gasteiger partial charge in [-0.2, -0.15) is 0 Å². The Hall–Kier alpha value is -0.580. The predicted molar refractivity (Wildman–Crippen MR) is 63.9 cm³/mol. The fraction of sp³-hybridized carbons (Fsp3) is 0.455. The molecule has 0 unspecified atom stereocenters. The molecule has 0 spiro atoms. The largest absolute Gasteiger partial charge is 0.467 e. The standard InChI is InChI=1S/C11H16BrNO2/c1-3-14-7-15-11-5-4-9(12)6-10(11)8(2)13/h4-6,8H,3,7,13H2,1-2H3/t8-/m1/s1. The van der Waals surface area contributed by atoms with Crippen LogP contribution in [0.4, 0.5) is 0 Å². The van der Waals surface area contributed by atoms with E-state index in [0.29, 0.717) is 6.61 Å². The topological polar surface area (TPSA) is 44.5 Å². The number of halogens is 1.